The summed E-state index contributed by atoms with van der Waals surface area (Å²) in [4.78, 5) is 11.7. The van der Waals surface area contributed by atoms with Crippen LogP contribution in [0.4, 0.5) is 0 Å². The maximum absolute atomic E-state index is 11.7. The van der Waals surface area contributed by atoms with Gasteiger partial charge < -0.3 is 5.73 Å². The normalized spacial score (nSPS) is 19.4. The summed E-state index contributed by atoms with van der Waals surface area (Å²) in [6, 6.07) is 10.6. The Labute approximate surface area is 122 Å². The zero-order valence-electron chi connectivity index (χ0n) is 12.6. The first kappa shape index (κ1) is 15.1. The smallest absolute Gasteiger partial charge is 0.218 e. The molecule has 2 nitrogen and oxygen atoms in total. The first-order valence-electron chi connectivity index (χ1n) is 8.03. The average molecular weight is 273 g/mol. The largest absolute Gasteiger partial charge is 0.370 e. The van der Waals surface area contributed by atoms with Crippen molar-refractivity contribution in [2.45, 2.75) is 63.7 Å². The molecule has 0 heterocycles. The molecule has 1 saturated carbocycles. The van der Waals surface area contributed by atoms with Crippen LogP contribution in [0.3, 0.4) is 0 Å². The Morgan fingerprint density at radius 3 is 2.40 bits per heavy atom. The van der Waals surface area contributed by atoms with Gasteiger partial charge in [0.1, 0.15) is 0 Å². The van der Waals surface area contributed by atoms with Crippen LogP contribution < -0.4 is 5.73 Å². The van der Waals surface area contributed by atoms with Crippen molar-refractivity contribution in [3.63, 3.8) is 0 Å². The molecule has 0 bridgehead atoms. The van der Waals surface area contributed by atoms with Crippen LogP contribution in [0.15, 0.2) is 30.3 Å². The van der Waals surface area contributed by atoms with Crippen LogP contribution in [0.1, 0.15) is 63.9 Å². The summed E-state index contributed by atoms with van der Waals surface area (Å²) in [7, 11) is 0. The molecule has 1 unspecified atom stereocenters. The molecule has 1 amide bonds. The van der Waals surface area contributed by atoms with Crippen LogP contribution in [0.2, 0.25) is 0 Å². The molecule has 2 N–H and O–H groups in total. The van der Waals surface area contributed by atoms with Gasteiger partial charge >= 0.3 is 0 Å². The first-order chi connectivity index (χ1) is 9.69. The lowest BCUT2D eigenvalue weighted by atomic mass is 9.61. The number of carbonyl (C=O) groups is 1. The molecule has 20 heavy (non-hydrogen) atoms. The van der Waals surface area contributed by atoms with Crippen LogP contribution in [0.5, 0.6) is 0 Å². The highest BCUT2D eigenvalue weighted by molar-refractivity contribution is 5.75. The van der Waals surface area contributed by atoms with Crippen molar-refractivity contribution in [3.05, 3.63) is 35.9 Å². The maximum atomic E-state index is 11.7. The fourth-order valence-corrected chi connectivity index (χ4v) is 4.10. The standard InChI is InChI=1S/C18H27NO/c1-2-13-18(14-17(19)20,15-9-5-3-6-10-15)16-11-7-4-8-12-16/h3,5-6,9-10,16H,2,4,7-8,11-14H2,1H3,(H2,19,20). The summed E-state index contributed by atoms with van der Waals surface area (Å²) < 4.78 is 0. The molecule has 0 aromatic heterocycles. The molecule has 1 fully saturated rings. The molecule has 1 aromatic rings. The third kappa shape index (κ3) is 3.23. The zero-order chi connectivity index (χ0) is 14.4. The number of hydrogen-bond donors (Lipinski definition) is 1. The van der Waals surface area contributed by atoms with E-state index in [1.165, 1.54) is 37.7 Å². The van der Waals surface area contributed by atoms with Gasteiger partial charge in [-0.15, -0.1) is 0 Å². The van der Waals surface area contributed by atoms with Gasteiger partial charge in [0.25, 0.3) is 0 Å². The highest BCUT2D eigenvalue weighted by Gasteiger charge is 2.41. The van der Waals surface area contributed by atoms with Crippen LogP contribution in [0.25, 0.3) is 0 Å². The molecular weight excluding hydrogens is 246 g/mol. The van der Waals surface area contributed by atoms with Gasteiger partial charge in [0.15, 0.2) is 0 Å². The molecule has 1 aromatic carbocycles. The zero-order valence-corrected chi connectivity index (χ0v) is 12.6. The van der Waals surface area contributed by atoms with Gasteiger partial charge in [-0.05, 0) is 30.7 Å². The van der Waals surface area contributed by atoms with Crippen LogP contribution in [-0.2, 0) is 10.2 Å². The third-order valence-corrected chi connectivity index (χ3v) is 4.92. The lowest BCUT2D eigenvalue weighted by Crippen LogP contribution is -2.40. The van der Waals surface area contributed by atoms with Crippen molar-refractivity contribution >= 4 is 5.91 Å². The Hall–Kier alpha value is -1.31. The lowest BCUT2D eigenvalue weighted by molar-refractivity contribution is -0.120. The quantitative estimate of drug-likeness (QED) is 0.830. The van der Waals surface area contributed by atoms with Gasteiger partial charge in [0, 0.05) is 11.8 Å². The van der Waals surface area contributed by atoms with Gasteiger partial charge in [-0.1, -0.05) is 62.9 Å². The summed E-state index contributed by atoms with van der Waals surface area (Å²) in [6.45, 7) is 2.21. The summed E-state index contributed by atoms with van der Waals surface area (Å²) in [5.74, 6) is 0.443. The van der Waals surface area contributed by atoms with Crippen LogP contribution in [0, 0.1) is 5.92 Å². The maximum Gasteiger partial charge on any atom is 0.218 e. The number of amides is 1. The molecule has 0 aliphatic heterocycles. The minimum absolute atomic E-state index is 0.0394. The van der Waals surface area contributed by atoms with Crippen molar-refractivity contribution < 1.29 is 4.79 Å². The van der Waals surface area contributed by atoms with Crippen molar-refractivity contribution in [1.29, 1.82) is 0 Å². The second-order valence-electron chi connectivity index (χ2n) is 6.25. The third-order valence-electron chi connectivity index (χ3n) is 4.92. The number of nitrogens with two attached hydrogens (primary N) is 1. The predicted molar refractivity (Wildman–Crippen MR) is 83.4 cm³/mol. The van der Waals surface area contributed by atoms with Crippen molar-refractivity contribution in [2.75, 3.05) is 0 Å². The van der Waals surface area contributed by atoms with E-state index >= 15 is 0 Å². The fraction of sp³-hybridized carbons (Fsp3) is 0.611. The Morgan fingerprint density at radius 1 is 1.20 bits per heavy atom. The molecule has 1 aliphatic carbocycles. The number of hydrogen-bond acceptors (Lipinski definition) is 1. The molecule has 0 radical (unpaired) electrons. The topological polar surface area (TPSA) is 43.1 Å². The Bertz CT molecular complexity index is 422. The molecule has 2 heteroatoms. The van der Waals surface area contributed by atoms with Gasteiger partial charge in [0.05, 0.1) is 0 Å². The number of carbonyl (C=O) groups excluding carboxylic acids is 1. The minimum Gasteiger partial charge on any atom is -0.370 e. The Kier molecular flexibility index (Phi) is 5.22. The van der Waals surface area contributed by atoms with Crippen molar-refractivity contribution in [2.24, 2.45) is 11.7 Å². The van der Waals surface area contributed by atoms with Crippen molar-refractivity contribution in [3.8, 4) is 0 Å². The second-order valence-corrected chi connectivity index (χ2v) is 6.25. The van der Waals surface area contributed by atoms with E-state index in [0.717, 1.165) is 12.8 Å². The molecule has 110 valence electrons. The molecule has 2 rings (SSSR count). The number of rotatable bonds is 6. The predicted octanol–water partition coefficient (Wildman–Crippen LogP) is 4.18. The van der Waals surface area contributed by atoms with E-state index in [-0.39, 0.29) is 11.3 Å². The molecule has 0 saturated heterocycles. The lowest BCUT2D eigenvalue weighted by Gasteiger charge is -2.43. The Balaban J connectivity index is 2.40. The van der Waals surface area contributed by atoms with Gasteiger partial charge in [-0.2, -0.15) is 0 Å². The summed E-state index contributed by atoms with van der Waals surface area (Å²) in [5.41, 5.74) is 6.89. The van der Waals surface area contributed by atoms with Gasteiger partial charge in [0.2, 0.25) is 5.91 Å². The van der Waals surface area contributed by atoms with E-state index in [0.29, 0.717) is 12.3 Å². The minimum atomic E-state index is -0.159. The van der Waals surface area contributed by atoms with Crippen LogP contribution >= 0.6 is 0 Å². The number of benzene rings is 1. The van der Waals surface area contributed by atoms with Crippen LogP contribution in [-0.4, -0.2) is 5.91 Å². The fourth-order valence-electron chi connectivity index (χ4n) is 4.10. The second kappa shape index (κ2) is 6.92. The van der Waals surface area contributed by atoms with E-state index in [1.807, 2.05) is 6.07 Å². The van der Waals surface area contributed by atoms with E-state index in [1.54, 1.807) is 0 Å². The van der Waals surface area contributed by atoms with Crippen molar-refractivity contribution in [1.82, 2.24) is 0 Å². The highest BCUT2D eigenvalue weighted by Crippen LogP contribution is 2.46. The summed E-state index contributed by atoms with van der Waals surface area (Å²) in [5, 5.41) is 0. The first-order valence-corrected chi connectivity index (χ1v) is 8.03. The average Bonchev–Trinajstić information content (AvgIpc) is 2.48. The van der Waals surface area contributed by atoms with Gasteiger partial charge in [-0.25, -0.2) is 0 Å². The van der Waals surface area contributed by atoms with E-state index in [4.69, 9.17) is 5.73 Å². The molecule has 1 aliphatic rings. The van der Waals surface area contributed by atoms with Gasteiger partial charge in [-0.3, -0.25) is 4.79 Å². The van der Waals surface area contributed by atoms with E-state index < -0.39 is 0 Å². The summed E-state index contributed by atoms with van der Waals surface area (Å²) in [6.07, 6.45) is 9.05. The molecule has 1 atom stereocenters. The monoisotopic (exact) mass is 273 g/mol. The highest BCUT2D eigenvalue weighted by atomic mass is 16.1. The molecular formula is C18H27NO. The van der Waals surface area contributed by atoms with E-state index in [9.17, 15) is 4.79 Å². The van der Waals surface area contributed by atoms with E-state index in [2.05, 4.69) is 31.2 Å². The molecule has 0 spiro atoms. The Morgan fingerprint density at radius 2 is 1.85 bits per heavy atom. The summed E-state index contributed by atoms with van der Waals surface area (Å²) >= 11 is 0. The number of primary amides is 1. The SMILES string of the molecule is CCCC(CC(N)=O)(c1ccccc1)C1CCCCC1.